The minimum atomic E-state index is -0.590. The first-order valence-corrected chi connectivity index (χ1v) is 6.90. The van der Waals surface area contributed by atoms with E-state index in [1.54, 1.807) is 19.2 Å². The fourth-order valence-electron chi connectivity index (χ4n) is 1.67. The molecule has 1 aromatic carbocycles. The monoisotopic (exact) mass is 318 g/mol. The quantitative estimate of drug-likeness (QED) is 0.755. The maximum absolute atomic E-state index is 11.0. The number of carbonyl (C=O) groups excluding carboxylic acids is 1. The fraction of sp³-hybridized carbons (Fsp3) is 0.267. The van der Waals surface area contributed by atoms with Crippen LogP contribution in [-0.2, 0) is 4.74 Å². The van der Waals surface area contributed by atoms with Crippen molar-refractivity contribution in [3.05, 3.63) is 36.4 Å². The molecule has 8 heteroatoms. The first kappa shape index (κ1) is 16.3. The van der Waals surface area contributed by atoms with Gasteiger partial charge in [0, 0.05) is 0 Å². The highest BCUT2D eigenvalue weighted by Crippen LogP contribution is 2.16. The van der Waals surface area contributed by atoms with Gasteiger partial charge in [0.05, 0.1) is 20.8 Å². The van der Waals surface area contributed by atoms with Crippen LogP contribution in [0.5, 0.6) is 11.5 Å². The van der Waals surface area contributed by atoms with Gasteiger partial charge in [0.2, 0.25) is 0 Å². The Kier molecular flexibility index (Phi) is 5.98. The number of carbonyl (C=O) groups is 1. The molecule has 1 aromatic heterocycles. The second-order valence-corrected chi connectivity index (χ2v) is 4.37. The van der Waals surface area contributed by atoms with Gasteiger partial charge in [0.1, 0.15) is 23.9 Å². The summed E-state index contributed by atoms with van der Waals surface area (Å²) in [6.07, 6.45) is -0.590. The Morgan fingerprint density at radius 2 is 1.65 bits per heavy atom. The Morgan fingerprint density at radius 1 is 1.00 bits per heavy atom. The van der Waals surface area contributed by atoms with Crippen LogP contribution < -0.4 is 20.1 Å². The normalized spacial score (nSPS) is 9.83. The molecule has 0 unspecified atom stereocenters. The third kappa shape index (κ3) is 5.34. The zero-order chi connectivity index (χ0) is 16.5. The summed E-state index contributed by atoms with van der Waals surface area (Å²) in [7, 11) is 2.90. The maximum atomic E-state index is 11.0. The number of rotatable bonds is 7. The van der Waals surface area contributed by atoms with E-state index in [1.165, 1.54) is 7.11 Å². The van der Waals surface area contributed by atoms with Crippen LogP contribution in [0.2, 0.25) is 0 Å². The predicted molar refractivity (Wildman–Crippen MR) is 85.0 cm³/mol. The lowest BCUT2D eigenvalue weighted by molar-refractivity contribution is 0.187. The van der Waals surface area contributed by atoms with Gasteiger partial charge in [0.15, 0.2) is 5.82 Å². The molecule has 0 aliphatic heterocycles. The van der Waals surface area contributed by atoms with Crippen LogP contribution in [0.1, 0.15) is 0 Å². The molecular weight excluding hydrogens is 300 g/mol. The predicted octanol–water partition coefficient (Wildman–Crippen LogP) is 2.15. The molecule has 0 atom stereocenters. The molecule has 0 bridgehead atoms. The summed E-state index contributed by atoms with van der Waals surface area (Å²) in [4.78, 5) is 11.0. The number of nitrogens with zero attached hydrogens (tertiary/aromatic N) is 2. The third-order valence-electron chi connectivity index (χ3n) is 2.82. The summed E-state index contributed by atoms with van der Waals surface area (Å²) in [6.45, 7) is 1.03. The van der Waals surface area contributed by atoms with Crippen LogP contribution in [0.4, 0.5) is 16.4 Å². The first-order chi connectivity index (χ1) is 11.2. The van der Waals surface area contributed by atoms with E-state index in [-0.39, 0.29) is 0 Å². The van der Waals surface area contributed by atoms with E-state index in [2.05, 4.69) is 25.6 Å². The number of amides is 1. The fourth-order valence-corrected chi connectivity index (χ4v) is 1.67. The lowest BCUT2D eigenvalue weighted by atomic mass is 10.3. The lowest BCUT2D eigenvalue weighted by Gasteiger charge is -2.08. The second-order valence-electron chi connectivity index (χ2n) is 4.37. The van der Waals surface area contributed by atoms with Gasteiger partial charge in [-0.3, -0.25) is 5.32 Å². The summed E-state index contributed by atoms with van der Waals surface area (Å²) >= 11 is 0. The van der Waals surface area contributed by atoms with E-state index in [4.69, 9.17) is 9.47 Å². The Bertz CT molecular complexity index is 616. The zero-order valence-corrected chi connectivity index (χ0v) is 12.9. The van der Waals surface area contributed by atoms with Crippen LogP contribution >= 0.6 is 0 Å². The van der Waals surface area contributed by atoms with Crippen molar-refractivity contribution in [3.63, 3.8) is 0 Å². The minimum absolute atomic E-state index is 0.317. The average Bonchev–Trinajstić information content (AvgIpc) is 2.60. The van der Waals surface area contributed by atoms with E-state index in [1.807, 2.05) is 24.3 Å². The van der Waals surface area contributed by atoms with E-state index < -0.39 is 6.09 Å². The van der Waals surface area contributed by atoms with Crippen molar-refractivity contribution in [2.24, 2.45) is 0 Å². The highest BCUT2D eigenvalue weighted by atomic mass is 16.5. The molecule has 0 radical (unpaired) electrons. The molecule has 2 N–H and O–H groups in total. The SMILES string of the molecule is COC(=O)Nc1ccc(NCCOc2ccc(OC)cc2)nn1. The molecule has 1 heterocycles. The van der Waals surface area contributed by atoms with Gasteiger partial charge in [-0.2, -0.15) is 0 Å². The van der Waals surface area contributed by atoms with Gasteiger partial charge in [-0.1, -0.05) is 0 Å². The Hall–Kier alpha value is -3.03. The van der Waals surface area contributed by atoms with Crippen LogP contribution in [0.3, 0.4) is 0 Å². The molecule has 23 heavy (non-hydrogen) atoms. The molecule has 0 aliphatic carbocycles. The summed E-state index contributed by atoms with van der Waals surface area (Å²) in [5, 5.41) is 13.3. The molecule has 8 nitrogen and oxygen atoms in total. The van der Waals surface area contributed by atoms with Crippen molar-refractivity contribution in [2.75, 3.05) is 38.0 Å². The third-order valence-corrected chi connectivity index (χ3v) is 2.82. The van der Waals surface area contributed by atoms with E-state index in [0.29, 0.717) is 24.8 Å². The lowest BCUT2D eigenvalue weighted by Crippen LogP contribution is -2.14. The van der Waals surface area contributed by atoms with Crippen molar-refractivity contribution >= 4 is 17.7 Å². The summed E-state index contributed by atoms with van der Waals surface area (Å²) in [6, 6.07) is 10.7. The van der Waals surface area contributed by atoms with Crippen LogP contribution in [0.15, 0.2) is 36.4 Å². The molecule has 2 aromatic rings. The van der Waals surface area contributed by atoms with Gasteiger partial charge < -0.3 is 19.5 Å². The van der Waals surface area contributed by atoms with Crippen molar-refractivity contribution in [3.8, 4) is 11.5 Å². The number of methoxy groups -OCH3 is 2. The first-order valence-electron chi connectivity index (χ1n) is 6.90. The van der Waals surface area contributed by atoms with E-state index in [9.17, 15) is 4.79 Å². The van der Waals surface area contributed by atoms with Crippen LogP contribution in [0, 0.1) is 0 Å². The molecule has 2 rings (SSSR count). The van der Waals surface area contributed by atoms with Crippen molar-refractivity contribution < 1.29 is 19.0 Å². The molecule has 0 saturated carbocycles. The van der Waals surface area contributed by atoms with E-state index in [0.717, 1.165) is 11.5 Å². The van der Waals surface area contributed by atoms with Gasteiger partial charge in [-0.15, -0.1) is 10.2 Å². The summed E-state index contributed by atoms with van der Waals surface area (Å²) in [5.41, 5.74) is 0. The van der Waals surface area contributed by atoms with Gasteiger partial charge in [-0.05, 0) is 36.4 Å². The minimum Gasteiger partial charge on any atom is -0.497 e. The zero-order valence-electron chi connectivity index (χ0n) is 12.9. The number of hydrogen-bond donors (Lipinski definition) is 2. The highest BCUT2D eigenvalue weighted by molar-refractivity contribution is 5.83. The summed E-state index contributed by atoms with van der Waals surface area (Å²) in [5.74, 6) is 2.44. The number of ether oxygens (including phenoxy) is 3. The Labute approximate surface area is 133 Å². The van der Waals surface area contributed by atoms with Crippen LogP contribution in [0.25, 0.3) is 0 Å². The molecule has 0 aliphatic rings. The van der Waals surface area contributed by atoms with Crippen molar-refractivity contribution in [2.45, 2.75) is 0 Å². The second kappa shape index (κ2) is 8.42. The van der Waals surface area contributed by atoms with Crippen molar-refractivity contribution in [1.82, 2.24) is 10.2 Å². The molecule has 122 valence electrons. The number of nitrogens with one attached hydrogen (secondary N) is 2. The number of benzene rings is 1. The van der Waals surface area contributed by atoms with Gasteiger partial charge >= 0.3 is 6.09 Å². The molecule has 0 saturated heterocycles. The average molecular weight is 318 g/mol. The van der Waals surface area contributed by atoms with Gasteiger partial charge in [-0.25, -0.2) is 4.79 Å². The molecular formula is C15H18N4O4. The molecule has 0 fully saturated rings. The summed E-state index contributed by atoms with van der Waals surface area (Å²) < 4.78 is 15.1. The molecule has 0 spiro atoms. The maximum Gasteiger partial charge on any atom is 0.412 e. The molecule has 1 amide bonds. The standard InChI is InChI=1S/C15H18N4O4/c1-21-11-3-5-12(6-4-11)23-10-9-16-13-7-8-14(19-18-13)17-15(20)22-2/h3-8H,9-10H2,1-2H3,(H,16,18)(H,17,19,20). The number of anilines is 2. The Morgan fingerprint density at radius 3 is 2.26 bits per heavy atom. The van der Waals surface area contributed by atoms with E-state index >= 15 is 0 Å². The largest absolute Gasteiger partial charge is 0.497 e. The number of hydrogen-bond acceptors (Lipinski definition) is 7. The topological polar surface area (TPSA) is 94.6 Å². The van der Waals surface area contributed by atoms with Gasteiger partial charge in [0.25, 0.3) is 0 Å². The van der Waals surface area contributed by atoms with Crippen LogP contribution in [-0.4, -0.2) is 43.7 Å². The Balaban J connectivity index is 1.72. The van der Waals surface area contributed by atoms with Crippen molar-refractivity contribution in [1.29, 1.82) is 0 Å². The number of aromatic nitrogens is 2. The highest BCUT2D eigenvalue weighted by Gasteiger charge is 2.02. The smallest absolute Gasteiger partial charge is 0.412 e.